The van der Waals surface area contributed by atoms with Gasteiger partial charge in [0.2, 0.25) is 58.0 Å². The fraction of sp³-hybridized carbons (Fsp3) is 0.294. The molecule has 16 bridgehead atoms. The first-order valence-electron chi connectivity index (χ1n) is 33.3. The Balaban J connectivity index is 0.000000137. The molecule has 2 saturated heterocycles. The Morgan fingerprint density at radius 2 is 0.400 bits per heavy atom. The van der Waals surface area contributed by atoms with Gasteiger partial charge in [0.25, 0.3) is 0 Å². The van der Waals surface area contributed by atoms with E-state index >= 15 is 0 Å². The van der Waals surface area contributed by atoms with Crippen LogP contribution >= 0.6 is 38.7 Å². The zero-order valence-electron chi connectivity index (χ0n) is 60.2. The molecule has 0 saturated carbocycles. The number of hydrogen-bond donors (Lipinski definition) is 0. The molecule has 12 aliphatic rings. The van der Waals surface area contributed by atoms with E-state index in [0.29, 0.717) is 11.2 Å². The second-order valence-electron chi connectivity index (χ2n) is 26.0. The number of nitrogens with zero attached hydrogens (tertiary/aromatic N) is 32. The van der Waals surface area contributed by atoms with Crippen LogP contribution in [0.1, 0.15) is 0 Å². The molecular weight excluding hydrogens is 2100 g/mol. The van der Waals surface area contributed by atoms with Crippen molar-refractivity contribution < 1.29 is 80.7 Å². The zero-order valence-corrected chi connectivity index (χ0v) is 71.3. The second kappa shape index (κ2) is 39.2. The average molecular weight is 2200 g/mol. The third-order valence-corrected chi connectivity index (χ3v) is 16.5. The SMILES string of the molecule is C1=CN2[CH-]N1CN1C=CN([CH-]1)CN1C=CN([CH-]1)CN1C=CN([CH-]1)C2.C1=CN2[CH-]N1CN1C=CN([CH-]1)CN1C=CN([CH-]1)CN1C=CN([CH-]1)C2.CN1C=CN(CN2C=CN(C)[CH-]2)[CH-]1.C[n+]1ccn(Cn2cc[n+](C)c2)c1.C[n+]1ccn(Cn2cc[n+](C)c2)c1.C[n+]1ccn(Cn2cc[n+](C)c2)c1.[I][Pt+2][I].[Pt+4].[Pt+4]. The maximum atomic E-state index is 2.39. The van der Waals surface area contributed by atoms with Crippen LogP contribution in [0.15, 0.2) is 236 Å². The van der Waals surface area contributed by atoms with Gasteiger partial charge in [-0.1, -0.05) is 0 Å². The first kappa shape index (κ1) is 79.7. The normalized spacial score (nSPS) is 18.3. The number of imidazole rings is 6. The van der Waals surface area contributed by atoms with E-state index in [1.54, 1.807) is 0 Å². The summed E-state index contributed by atoms with van der Waals surface area (Å²) in [6.45, 7) is 31.0. The number of halogens is 2. The number of hydrogen-bond acceptors (Lipinski definition) is 20. The molecule has 18 rings (SSSR count). The minimum atomic E-state index is 0. The maximum Gasteiger partial charge on any atom is 4.00 e. The van der Waals surface area contributed by atoms with Crippen molar-refractivity contribution in [2.24, 2.45) is 42.3 Å². The van der Waals surface area contributed by atoms with Crippen molar-refractivity contribution in [1.29, 1.82) is 0 Å². The summed E-state index contributed by atoms with van der Waals surface area (Å²) in [5.41, 5.74) is 0. The fourth-order valence-electron chi connectivity index (χ4n) is 11.8. The van der Waals surface area contributed by atoms with Crippen molar-refractivity contribution in [3.63, 3.8) is 0 Å². The maximum absolute atomic E-state index is 2.39. The Labute approximate surface area is 678 Å². The van der Waals surface area contributed by atoms with E-state index in [-0.39, 0.29) is 42.1 Å². The predicted molar refractivity (Wildman–Crippen MR) is 395 cm³/mol. The number of aryl methyl sites for hydroxylation is 6. The molecular formula is C68H96I2N32Pt3+6. The van der Waals surface area contributed by atoms with Crippen LogP contribution in [0.5, 0.6) is 0 Å². The summed E-state index contributed by atoms with van der Waals surface area (Å²) in [7, 11) is 16.2. The van der Waals surface area contributed by atoms with Crippen molar-refractivity contribution in [2.45, 2.75) is 20.0 Å². The third-order valence-electron chi connectivity index (χ3n) is 16.5. The van der Waals surface area contributed by atoms with Crippen LogP contribution in [0.2, 0.25) is 0 Å². The van der Waals surface area contributed by atoms with Crippen molar-refractivity contribution in [1.82, 2.24) is 125 Å². The van der Waals surface area contributed by atoms with Crippen molar-refractivity contribution in [3.05, 3.63) is 303 Å². The monoisotopic (exact) mass is 2200 g/mol. The Kier molecular flexibility index (Phi) is 29.7. The van der Waals surface area contributed by atoms with Gasteiger partial charge in [-0.2, -0.15) is 94.1 Å². The van der Waals surface area contributed by atoms with Gasteiger partial charge in [0.15, 0.2) is 0 Å². The molecule has 0 radical (unpaired) electrons. The van der Waals surface area contributed by atoms with Crippen LogP contribution < -0.4 is 27.4 Å². The quantitative estimate of drug-likeness (QED) is 0.126. The molecule has 0 amide bonds. The van der Waals surface area contributed by atoms with E-state index in [1.165, 1.54) is 0 Å². The molecule has 32 nitrogen and oxygen atoms in total. The minimum Gasteiger partial charge on any atom is 4.00 e. The molecule has 105 heavy (non-hydrogen) atoms. The molecule has 0 unspecified atom stereocenters. The van der Waals surface area contributed by atoms with Crippen LogP contribution in [-0.2, 0) is 116 Å². The fourth-order valence-corrected chi connectivity index (χ4v) is 11.8. The summed E-state index contributed by atoms with van der Waals surface area (Å²) in [4.78, 5) is 43.2. The van der Waals surface area contributed by atoms with Gasteiger partial charge in [0.05, 0.1) is 42.3 Å². The van der Waals surface area contributed by atoms with Gasteiger partial charge < -0.3 is 98.0 Å². The molecule has 37 heteroatoms. The average Bonchev–Trinajstić information content (AvgIpc) is 1.69. The molecule has 0 spiro atoms. The zero-order chi connectivity index (χ0) is 71.6. The Hall–Kier alpha value is -7.82. The molecule has 12 aliphatic heterocycles. The molecule has 2 fully saturated rings. The summed E-state index contributed by atoms with van der Waals surface area (Å²) >= 11 is 5.30. The summed E-state index contributed by atoms with van der Waals surface area (Å²) in [6.07, 6.45) is 78.7. The molecule has 0 N–H and O–H groups in total. The van der Waals surface area contributed by atoms with Crippen LogP contribution in [0.25, 0.3) is 0 Å². The Morgan fingerprint density at radius 1 is 0.248 bits per heavy atom. The van der Waals surface area contributed by atoms with E-state index in [1.807, 2.05) is 143 Å². The smallest absolute Gasteiger partial charge is 4.00 e. The largest absolute Gasteiger partial charge is 4.00 e. The number of aromatic nitrogens is 12. The molecule has 6 aromatic rings. The molecule has 6 aromatic heterocycles. The van der Waals surface area contributed by atoms with Gasteiger partial charge in [0.1, 0.15) is 74.4 Å². The minimum absolute atomic E-state index is 0. The first-order chi connectivity index (χ1) is 50.0. The van der Waals surface area contributed by atoms with Crippen LogP contribution in [0, 0.1) is 66.7 Å². The topological polar surface area (TPSA) is 118 Å². The van der Waals surface area contributed by atoms with E-state index in [2.05, 4.69) is 408 Å². The first-order valence-corrected chi connectivity index (χ1v) is 46.2. The van der Waals surface area contributed by atoms with E-state index in [9.17, 15) is 0 Å². The molecule has 0 aromatic carbocycles. The summed E-state index contributed by atoms with van der Waals surface area (Å²) in [5.74, 6) is 0. The van der Waals surface area contributed by atoms with E-state index < -0.39 is 0 Å². The van der Waals surface area contributed by atoms with E-state index in [4.69, 9.17) is 0 Å². The van der Waals surface area contributed by atoms with Crippen molar-refractivity contribution >= 4 is 38.7 Å². The predicted octanol–water partition coefficient (Wildman–Crippen LogP) is 2.04. The summed E-state index contributed by atoms with van der Waals surface area (Å²) in [6, 6.07) is 0. The van der Waals surface area contributed by atoms with E-state index in [0.717, 1.165) is 80.0 Å². The molecule has 0 aliphatic carbocycles. The molecule has 0 atom stereocenters. The van der Waals surface area contributed by atoms with Crippen molar-refractivity contribution in [2.75, 3.05) is 74.1 Å². The van der Waals surface area contributed by atoms with Gasteiger partial charge in [-0.15, -0.1) is 0 Å². The number of fused-ring (bicyclic) bond motifs is 16. The van der Waals surface area contributed by atoms with Crippen LogP contribution in [0.3, 0.4) is 0 Å². The summed E-state index contributed by atoms with van der Waals surface area (Å²) < 4.78 is 24.9. The second-order valence-corrected chi connectivity index (χ2v) is 42.6. The molecule has 566 valence electrons. The van der Waals surface area contributed by atoms with Gasteiger partial charge >= 0.3 is 92.0 Å². The van der Waals surface area contributed by atoms with Gasteiger partial charge in [0, 0.05) is 60.0 Å². The van der Waals surface area contributed by atoms with Crippen LogP contribution in [-0.4, -0.2) is 200 Å². The van der Waals surface area contributed by atoms with Gasteiger partial charge in [-0.05, 0) is 138 Å². The Morgan fingerprint density at radius 3 is 0.514 bits per heavy atom. The Bertz CT molecular complexity index is 3220. The number of rotatable bonds is 8. The van der Waals surface area contributed by atoms with Crippen LogP contribution in [0.4, 0.5) is 0 Å². The standard InChI is InChI=1S/2C16H20N8.4C9H14N4.2HI.3Pt/c2*1-2-18-9-17(1)13-19-3-4-21(10-19)15-23-7-8-24(12-23)16-22-6-5-20(11-22)14-18;4*1-10-3-5-12(7-10)9-13-6-4-11(2)8-13;;;;;/h2*1-12H,13-16H2;4*3-8H,9H2,1-2H3;2*1H;;;/q2*-4;-2;3*+2;;;3*+4/p-2. The van der Waals surface area contributed by atoms with Gasteiger partial charge in [-0.3, -0.25) is 0 Å². The molecule has 18 heterocycles. The van der Waals surface area contributed by atoms with Gasteiger partial charge in [-0.25, -0.2) is 27.4 Å². The third kappa shape index (κ3) is 25.2. The van der Waals surface area contributed by atoms with Crippen molar-refractivity contribution in [3.8, 4) is 0 Å². The summed E-state index contributed by atoms with van der Waals surface area (Å²) in [5, 5.41) is 0.